The first-order valence-electron chi connectivity index (χ1n) is 5.09. The van der Waals surface area contributed by atoms with Crippen LogP contribution in [0.1, 0.15) is 16.7 Å². The molecule has 0 N–H and O–H groups in total. The number of rotatable bonds is 1. The third-order valence-corrected chi connectivity index (χ3v) is 3.62. The Kier molecular flexibility index (Phi) is 3.53. The zero-order chi connectivity index (χ0) is 12.6. The summed E-state index contributed by atoms with van der Waals surface area (Å²) < 4.78 is 45.3. The molecule has 6 heteroatoms. The van der Waals surface area contributed by atoms with Gasteiger partial charge >= 0.3 is 6.18 Å². The Balaban J connectivity index is 2.49. The summed E-state index contributed by atoms with van der Waals surface area (Å²) >= 11 is 2.17. The Labute approximate surface area is 111 Å². The quantitative estimate of drug-likeness (QED) is 0.564. The van der Waals surface area contributed by atoms with E-state index in [4.69, 9.17) is 4.74 Å². The number of alkyl halides is 3. The number of methoxy groups -OCH3 is 1. The number of hydrogen-bond donors (Lipinski definition) is 0. The molecule has 2 nitrogen and oxygen atoms in total. The molecule has 1 aliphatic heterocycles. The first-order chi connectivity index (χ1) is 7.91. The molecular weight excluding hydrogens is 346 g/mol. The van der Waals surface area contributed by atoms with Gasteiger partial charge in [0.25, 0.3) is 0 Å². The molecule has 0 unspecified atom stereocenters. The third kappa shape index (κ3) is 2.67. The summed E-state index contributed by atoms with van der Waals surface area (Å²) in [6.45, 7) is 1.43. The summed E-state index contributed by atoms with van der Waals surface area (Å²) in [7, 11) is 1.27. The van der Waals surface area contributed by atoms with Gasteiger partial charge in [-0.25, -0.2) is 3.11 Å². The maximum atomic E-state index is 12.8. The number of benzene rings is 1. The Bertz CT molecular complexity index is 433. The molecule has 0 spiro atoms. The van der Waals surface area contributed by atoms with Crippen molar-refractivity contribution in [1.29, 1.82) is 0 Å². The lowest BCUT2D eigenvalue weighted by Crippen LogP contribution is -2.22. The fourth-order valence-corrected chi connectivity index (χ4v) is 2.55. The summed E-state index contributed by atoms with van der Waals surface area (Å²) in [4.78, 5) is 0. The van der Waals surface area contributed by atoms with Crippen LogP contribution in [0.25, 0.3) is 0 Å². The van der Waals surface area contributed by atoms with E-state index < -0.39 is 11.7 Å². The molecule has 1 aliphatic rings. The molecule has 1 heterocycles. The molecule has 0 saturated carbocycles. The molecule has 0 fully saturated rings. The van der Waals surface area contributed by atoms with Crippen LogP contribution >= 0.6 is 22.9 Å². The van der Waals surface area contributed by atoms with Gasteiger partial charge in [-0.3, -0.25) is 0 Å². The second-order valence-electron chi connectivity index (χ2n) is 3.91. The van der Waals surface area contributed by atoms with Crippen LogP contribution in [0, 0.1) is 0 Å². The third-order valence-electron chi connectivity index (χ3n) is 2.79. The molecule has 17 heavy (non-hydrogen) atoms. The van der Waals surface area contributed by atoms with E-state index in [0.717, 1.165) is 17.7 Å². The van der Waals surface area contributed by atoms with Gasteiger partial charge in [0.1, 0.15) is 5.75 Å². The molecular formula is C11H11F3INO. The lowest BCUT2D eigenvalue weighted by Gasteiger charge is -2.25. The smallest absolute Gasteiger partial charge is 0.419 e. The second-order valence-corrected chi connectivity index (χ2v) is 5.28. The van der Waals surface area contributed by atoms with Gasteiger partial charge in [0.2, 0.25) is 0 Å². The summed E-state index contributed by atoms with van der Waals surface area (Å²) in [6, 6.07) is 2.72. The maximum Gasteiger partial charge on any atom is 0.419 e. The normalized spacial score (nSPS) is 16.8. The Hall–Kier alpha value is -0.500. The highest BCUT2D eigenvalue weighted by Crippen LogP contribution is 2.39. The summed E-state index contributed by atoms with van der Waals surface area (Å²) in [5.74, 6) is -0.0945. The van der Waals surface area contributed by atoms with E-state index in [1.54, 1.807) is 0 Å². The van der Waals surface area contributed by atoms with Crippen LogP contribution in [0.3, 0.4) is 0 Å². The van der Waals surface area contributed by atoms with Crippen LogP contribution < -0.4 is 4.74 Å². The van der Waals surface area contributed by atoms with E-state index in [-0.39, 0.29) is 5.75 Å². The largest absolute Gasteiger partial charge is 0.496 e. The Morgan fingerprint density at radius 2 is 2.00 bits per heavy atom. The van der Waals surface area contributed by atoms with E-state index in [9.17, 15) is 13.2 Å². The molecule has 0 aromatic heterocycles. The van der Waals surface area contributed by atoms with Crippen molar-refractivity contribution in [2.45, 2.75) is 19.1 Å². The minimum absolute atomic E-state index is 0.0945. The molecule has 1 aromatic rings. The monoisotopic (exact) mass is 357 g/mol. The predicted octanol–water partition coefficient (Wildman–Crippen LogP) is 3.42. The molecule has 0 amide bonds. The molecule has 94 valence electrons. The number of halogens is 4. The average molecular weight is 357 g/mol. The van der Waals surface area contributed by atoms with Crippen molar-refractivity contribution in [3.05, 3.63) is 28.8 Å². The van der Waals surface area contributed by atoms with Crippen LogP contribution in [0.15, 0.2) is 12.1 Å². The standard InChI is InChI=1S/C11H11F3INO/c1-17-10-5-8-6-16(15)3-2-7(8)4-9(10)11(12,13)14/h4-5H,2-3,6H2,1H3. The van der Waals surface area contributed by atoms with Gasteiger partial charge in [-0.15, -0.1) is 0 Å². The van der Waals surface area contributed by atoms with Crippen molar-refractivity contribution in [2.24, 2.45) is 0 Å². The van der Waals surface area contributed by atoms with Gasteiger partial charge in [0.15, 0.2) is 0 Å². The van der Waals surface area contributed by atoms with Gasteiger partial charge in [0.05, 0.1) is 12.7 Å². The Morgan fingerprint density at radius 1 is 1.29 bits per heavy atom. The molecule has 1 aromatic carbocycles. The fraction of sp³-hybridized carbons (Fsp3) is 0.455. The first-order valence-corrected chi connectivity index (χ1v) is 6.06. The SMILES string of the molecule is COc1cc2c(cc1C(F)(F)F)CCN(I)C2. The Morgan fingerprint density at radius 3 is 2.59 bits per heavy atom. The van der Waals surface area contributed by atoms with Crippen molar-refractivity contribution in [3.63, 3.8) is 0 Å². The predicted molar refractivity (Wildman–Crippen MR) is 66.1 cm³/mol. The van der Waals surface area contributed by atoms with E-state index in [1.807, 2.05) is 3.11 Å². The second kappa shape index (κ2) is 4.64. The van der Waals surface area contributed by atoms with Crippen molar-refractivity contribution in [2.75, 3.05) is 13.7 Å². The van der Waals surface area contributed by atoms with E-state index in [2.05, 4.69) is 22.9 Å². The number of fused-ring (bicyclic) bond motifs is 1. The van der Waals surface area contributed by atoms with E-state index in [1.165, 1.54) is 19.2 Å². The first kappa shape index (κ1) is 12.9. The highest BCUT2D eigenvalue weighted by molar-refractivity contribution is 14.1. The van der Waals surface area contributed by atoms with Crippen molar-refractivity contribution >= 4 is 22.9 Å². The highest BCUT2D eigenvalue weighted by atomic mass is 127. The molecule has 0 saturated heterocycles. The van der Waals surface area contributed by atoms with Gasteiger partial charge in [-0.1, -0.05) is 0 Å². The van der Waals surface area contributed by atoms with Crippen molar-refractivity contribution < 1.29 is 17.9 Å². The molecule has 0 aliphatic carbocycles. The summed E-state index contributed by atoms with van der Waals surface area (Å²) in [6.07, 6.45) is -3.72. The van der Waals surface area contributed by atoms with Gasteiger partial charge in [0, 0.05) is 36.0 Å². The zero-order valence-electron chi connectivity index (χ0n) is 9.14. The number of nitrogens with zero attached hydrogens (tertiary/aromatic N) is 1. The van der Waals surface area contributed by atoms with Crippen molar-refractivity contribution in [1.82, 2.24) is 3.11 Å². The van der Waals surface area contributed by atoms with Gasteiger partial charge < -0.3 is 4.74 Å². The van der Waals surface area contributed by atoms with Crippen molar-refractivity contribution in [3.8, 4) is 5.75 Å². The summed E-state index contributed by atoms with van der Waals surface area (Å²) in [5, 5.41) is 0. The minimum Gasteiger partial charge on any atom is -0.496 e. The molecule has 0 atom stereocenters. The topological polar surface area (TPSA) is 12.5 Å². The lowest BCUT2D eigenvalue weighted by molar-refractivity contribution is -0.138. The van der Waals surface area contributed by atoms with Crippen LogP contribution in [0.5, 0.6) is 5.75 Å². The fourth-order valence-electron chi connectivity index (χ4n) is 1.94. The van der Waals surface area contributed by atoms with Gasteiger partial charge in [-0.2, -0.15) is 13.2 Å². The molecule has 0 bridgehead atoms. The van der Waals surface area contributed by atoms with Crippen LogP contribution in [-0.4, -0.2) is 16.8 Å². The average Bonchev–Trinajstić information content (AvgIpc) is 2.25. The molecule has 2 rings (SSSR count). The minimum atomic E-state index is -4.36. The van der Waals surface area contributed by atoms with E-state index >= 15 is 0 Å². The van der Waals surface area contributed by atoms with Crippen LogP contribution in [0.4, 0.5) is 13.2 Å². The summed E-state index contributed by atoms with van der Waals surface area (Å²) in [5.41, 5.74) is 1.00. The number of ether oxygens (including phenoxy) is 1. The molecule has 0 radical (unpaired) electrons. The van der Waals surface area contributed by atoms with Crippen LogP contribution in [-0.2, 0) is 19.1 Å². The maximum absolute atomic E-state index is 12.8. The number of hydrogen-bond acceptors (Lipinski definition) is 2. The van der Waals surface area contributed by atoms with E-state index in [0.29, 0.717) is 13.0 Å². The van der Waals surface area contributed by atoms with Gasteiger partial charge in [-0.05, 0) is 29.7 Å². The zero-order valence-corrected chi connectivity index (χ0v) is 11.3. The lowest BCUT2D eigenvalue weighted by atomic mass is 9.97. The van der Waals surface area contributed by atoms with Crippen LogP contribution in [0.2, 0.25) is 0 Å². The highest BCUT2D eigenvalue weighted by Gasteiger charge is 2.35.